The SMILES string of the molecule is Cc1cc(/C=C/c2ccc(-c3ccccc3)c(F)c2)[nH]c1C(CCN)=C1C=CC=N1. The van der Waals surface area contributed by atoms with Gasteiger partial charge in [0.1, 0.15) is 5.82 Å². The molecule has 3 nitrogen and oxygen atoms in total. The summed E-state index contributed by atoms with van der Waals surface area (Å²) >= 11 is 0. The summed E-state index contributed by atoms with van der Waals surface area (Å²) in [6.07, 6.45) is 10.3. The Morgan fingerprint density at radius 2 is 1.93 bits per heavy atom. The number of allylic oxidation sites excluding steroid dienone is 2. The van der Waals surface area contributed by atoms with Gasteiger partial charge in [-0.25, -0.2) is 4.39 Å². The molecule has 1 aliphatic heterocycles. The first-order chi connectivity index (χ1) is 14.7. The quantitative estimate of drug-likeness (QED) is 0.527. The van der Waals surface area contributed by atoms with Crippen LogP contribution in [-0.4, -0.2) is 17.7 Å². The normalized spacial score (nSPS) is 14.8. The van der Waals surface area contributed by atoms with Gasteiger partial charge in [-0.3, -0.25) is 4.99 Å². The molecule has 2 aromatic carbocycles. The summed E-state index contributed by atoms with van der Waals surface area (Å²) in [4.78, 5) is 7.89. The minimum absolute atomic E-state index is 0.229. The molecule has 0 aliphatic carbocycles. The van der Waals surface area contributed by atoms with Crippen LogP contribution in [0.15, 0.2) is 77.4 Å². The summed E-state index contributed by atoms with van der Waals surface area (Å²) in [5, 5.41) is 0. The molecule has 0 saturated heterocycles. The number of aliphatic imine (C=N–C) groups is 1. The summed E-state index contributed by atoms with van der Waals surface area (Å²) in [6.45, 7) is 2.62. The highest BCUT2D eigenvalue weighted by atomic mass is 19.1. The van der Waals surface area contributed by atoms with Crippen molar-refractivity contribution in [2.75, 3.05) is 6.54 Å². The maximum absolute atomic E-state index is 14.6. The Labute approximate surface area is 176 Å². The molecule has 3 aromatic rings. The van der Waals surface area contributed by atoms with E-state index in [4.69, 9.17) is 5.73 Å². The molecule has 3 N–H and O–H groups in total. The molecule has 0 radical (unpaired) electrons. The molecule has 30 heavy (non-hydrogen) atoms. The van der Waals surface area contributed by atoms with Crippen molar-refractivity contribution in [3.05, 3.63) is 101 Å². The number of rotatable bonds is 6. The number of hydrogen-bond donors (Lipinski definition) is 2. The van der Waals surface area contributed by atoms with Crippen LogP contribution >= 0.6 is 0 Å². The number of hydrogen-bond acceptors (Lipinski definition) is 2. The second-order valence-corrected chi connectivity index (χ2v) is 7.26. The molecule has 0 saturated carbocycles. The number of nitrogens with two attached hydrogens (primary N) is 1. The molecule has 0 amide bonds. The number of benzene rings is 2. The highest BCUT2D eigenvalue weighted by molar-refractivity contribution is 5.83. The van der Waals surface area contributed by atoms with Crippen molar-refractivity contribution in [1.29, 1.82) is 0 Å². The third-order valence-electron chi connectivity index (χ3n) is 5.13. The molecule has 150 valence electrons. The van der Waals surface area contributed by atoms with Gasteiger partial charge < -0.3 is 10.7 Å². The van der Waals surface area contributed by atoms with Crippen molar-refractivity contribution in [3.63, 3.8) is 0 Å². The van der Waals surface area contributed by atoms with E-state index in [1.807, 2.05) is 66.8 Å². The van der Waals surface area contributed by atoms with Crippen LogP contribution in [0.25, 0.3) is 28.9 Å². The van der Waals surface area contributed by atoms with E-state index in [9.17, 15) is 4.39 Å². The van der Waals surface area contributed by atoms with Crippen LogP contribution in [0.2, 0.25) is 0 Å². The molecule has 0 bridgehead atoms. The number of nitrogens with one attached hydrogen (secondary N) is 1. The number of H-pyrrole nitrogens is 1. The van der Waals surface area contributed by atoms with E-state index < -0.39 is 0 Å². The van der Waals surface area contributed by atoms with E-state index in [2.05, 4.69) is 23.0 Å². The van der Waals surface area contributed by atoms with Gasteiger partial charge in [-0.05, 0) is 66.9 Å². The number of aromatic nitrogens is 1. The maximum Gasteiger partial charge on any atom is 0.131 e. The summed E-state index contributed by atoms with van der Waals surface area (Å²) in [5.41, 5.74) is 13.3. The van der Waals surface area contributed by atoms with Crippen LogP contribution in [0.5, 0.6) is 0 Å². The van der Waals surface area contributed by atoms with Gasteiger partial charge in [0.25, 0.3) is 0 Å². The smallest absolute Gasteiger partial charge is 0.131 e. The zero-order valence-corrected chi connectivity index (χ0v) is 16.9. The largest absolute Gasteiger partial charge is 0.355 e. The third-order valence-corrected chi connectivity index (χ3v) is 5.13. The second kappa shape index (κ2) is 8.89. The van der Waals surface area contributed by atoms with Crippen molar-refractivity contribution in [1.82, 2.24) is 4.98 Å². The topological polar surface area (TPSA) is 54.2 Å². The molecule has 4 heteroatoms. The van der Waals surface area contributed by atoms with Gasteiger partial charge in [-0.2, -0.15) is 0 Å². The minimum Gasteiger partial charge on any atom is -0.355 e. The van der Waals surface area contributed by atoms with Crippen LogP contribution in [0.4, 0.5) is 4.39 Å². The summed E-state index contributed by atoms with van der Waals surface area (Å²) in [6, 6.07) is 17.0. The lowest BCUT2D eigenvalue weighted by Crippen LogP contribution is -2.02. The fraction of sp³-hybridized carbons (Fsp3) is 0.115. The highest BCUT2D eigenvalue weighted by Gasteiger charge is 2.13. The Kier molecular flexibility index (Phi) is 5.87. The zero-order valence-electron chi connectivity index (χ0n) is 16.9. The average molecular weight is 397 g/mol. The lowest BCUT2D eigenvalue weighted by Gasteiger charge is -2.08. The van der Waals surface area contributed by atoms with Gasteiger partial charge in [0, 0.05) is 28.7 Å². The lowest BCUT2D eigenvalue weighted by atomic mass is 10.0. The zero-order chi connectivity index (χ0) is 20.9. The first-order valence-electron chi connectivity index (χ1n) is 10.0. The van der Waals surface area contributed by atoms with E-state index >= 15 is 0 Å². The molecule has 0 unspecified atom stereocenters. The first-order valence-corrected chi connectivity index (χ1v) is 10.0. The number of aromatic amines is 1. The van der Waals surface area contributed by atoms with E-state index in [1.165, 1.54) is 0 Å². The Morgan fingerprint density at radius 3 is 2.63 bits per heavy atom. The fourth-order valence-corrected chi connectivity index (χ4v) is 3.67. The Hall–Kier alpha value is -3.50. The Balaban J connectivity index is 1.59. The van der Waals surface area contributed by atoms with Gasteiger partial charge in [0.05, 0.1) is 5.70 Å². The van der Waals surface area contributed by atoms with Gasteiger partial charge >= 0.3 is 0 Å². The van der Waals surface area contributed by atoms with E-state index in [1.54, 1.807) is 12.3 Å². The molecule has 2 heterocycles. The first kappa shape index (κ1) is 19.8. The molecular formula is C26H24FN3. The Morgan fingerprint density at radius 1 is 1.10 bits per heavy atom. The maximum atomic E-state index is 14.6. The van der Waals surface area contributed by atoms with Crippen LogP contribution in [0.1, 0.15) is 28.9 Å². The van der Waals surface area contributed by atoms with Crippen LogP contribution in [-0.2, 0) is 0 Å². The van der Waals surface area contributed by atoms with Crippen molar-refractivity contribution in [2.45, 2.75) is 13.3 Å². The van der Waals surface area contributed by atoms with E-state index in [-0.39, 0.29) is 5.82 Å². The molecular weight excluding hydrogens is 373 g/mol. The predicted molar refractivity (Wildman–Crippen MR) is 125 cm³/mol. The van der Waals surface area contributed by atoms with Gasteiger partial charge in [0.2, 0.25) is 0 Å². The summed E-state index contributed by atoms with van der Waals surface area (Å²) in [7, 11) is 0. The fourth-order valence-electron chi connectivity index (χ4n) is 3.67. The Bertz CT molecular complexity index is 1150. The van der Waals surface area contributed by atoms with Crippen LogP contribution in [0, 0.1) is 12.7 Å². The van der Waals surface area contributed by atoms with Crippen molar-refractivity contribution in [3.8, 4) is 11.1 Å². The van der Waals surface area contributed by atoms with Crippen LogP contribution in [0.3, 0.4) is 0 Å². The van der Waals surface area contributed by atoms with Crippen molar-refractivity contribution in [2.24, 2.45) is 10.7 Å². The molecule has 1 aliphatic rings. The average Bonchev–Trinajstić information content (AvgIpc) is 3.41. The molecule has 1 aromatic heterocycles. The van der Waals surface area contributed by atoms with Gasteiger partial charge in [0.15, 0.2) is 0 Å². The number of halogens is 1. The van der Waals surface area contributed by atoms with E-state index in [0.717, 1.165) is 45.8 Å². The number of nitrogens with zero attached hydrogens (tertiary/aromatic N) is 1. The van der Waals surface area contributed by atoms with E-state index in [0.29, 0.717) is 12.1 Å². The second-order valence-electron chi connectivity index (χ2n) is 7.26. The minimum atomic E-state index is -0.229. The van der Waals surface area contributed by atoms with Gasteiger partial charge in [-0.1, -0.05) is 48.5 Å². The third kappa shape index (κ3) is 4.24. The lowest BCUT2D eigenvalue weighted by molar-refractivity contribution is 0.631. The van der Waals surface area contributed by atoms with Crippen molar-refractivity contribution < 1.29 is 4.39 Å². The molecule has 0 fully saturated rings. The predicted octanol–water partition coefficient (Wildman–Crippen LogP) is 6.00. The number of aryl methyl sites for hydroxylation is 1. The summed E-state index contributed by atoms with van der Waals surface area (Å²) < 4.78 is 14.6. The van der Waals surface area contributed by atoms with Crippen molar-refractivity contribution >= 4 is 23.9 Å². The summed E-state index contributed by atoms with van der Waals surface area (Å²) in [5.74, 6) is -0.229. The monoisotopic (exact) mass is 397 g/mol. The van der Waals surface area contributed by atoms with Gasteiger partial charge in [-0.15, -0.1) is 0 Å². The molecule has 0 spiro atoms. The van der Waals surface area contributed by atoms with Crippen LogP contribution < -0.4 is 5.73 Å². The molecule has 0 atom stereocenters. The highest BCUT2D eigenvalue weighted by Crippen LogP contribution is 2.28. The molecule has 4 rings (SSSR count). The standard InChI is InChI=1S/C26H24FN3/c1-18-16-21(30-26(18)23(13-14-28)25-8-5-15-29-25)11-9-19-10-12-22(24(27)17-19)20-6-3-2-4-7-20/h2-12,15-17,30H,13-14,28H2,1H3/b11-9+,25-23?.